The summed E-state index contributed by atoms with van der Waals surface area (Å²) in [5.41, 5.74) is 3.13. The van der Waals surface area contributed by atoms with Crippen LogP contribution < -0.4 is 10.6 Å². The number of hydrogen-bond acceptors (Lipinski definition) is 4. The molecule has 7 heteroatoms. The molecule has 1 aliphatic rings. The molecule has 7 nitrogen and oxygen atoms in total. The molecule has 0 radical (unpaired) electrons. The van der Waals surface area contributed by atoms with Gasteiger partial charge in [0, 0.05) is 52.1 Å². The van der Waals surface area contributed by atoms with E-state index in [1.165, 1.54) is 5.56 Å². The molecule has 2 aromatic rings. The first-order chi connectivity index (χ1) is 14.1. The summed E-state index contributed by atoms with van der Waals surface area (Å²) in [5, 5.41) is 6.14. The zero-order chi connectivity index (χ0) is 20.6. The Labute approximate surface area is 172 Å². The minimum atomic E-state index is 0.128. The second kappa shape index (κ2) is 10.1. The Kier molecular flexibility index (Phi) is 7.27. The minimum absolute atomic E-state index is 0.128. The average Bonchev–Trinajstić information content (AvgIpc) is 3.21. The maximum Gasteiger partial charge on any atom is 0.226 e. The summed E-state index contributed by atoms with van der Waals surface area (Å²) in [6, 6.07) is 8.17. The number of hydrogen-bond donors (Lipinski definition) is 2. The Bertz CT molecular complexity index is 820. The third-order valence-electron chi connectivity index (χ3n) is 5.39. The van der Waals surface area contributed by atoms with Crippen LogP contribution in [0.25, 0.3) is 11.5 Å². The van der Waals surface area contributed by atoms with Gasteiger partial charge in [-0.05, 0) is 37.8 Å². The van der Waals surface area contributed by atoms with Crippen LogP contribution in [0.3, 0.4) is 0 Å². The standard InChI is InChI=1S/C22H31N5O2/c1-16-4-6-18(7-5-16)21-26-19(15-29-21)8-11-25-22(24-3)27-12-9-17(10-13-27)14-20(28)23-2/h4-7,15,17H,8-14H2,1-3H3,(H,23,28)(H,24,25). The van der Waals surface area contributed by atoms with E-state index < -0.39 is 0 Å². The molecule has 0 aliphatic carbocycles. The second-order valence-electron chi connectivity index (χ2n) is 7.54. The molecule has 1 saturated heterocycles. The van der Waals surface area contributed by atoms with Gasteiger partial charge in [0.2, 0.25) is 11.8 Å². The van der Waals surface area contributed by atoms with E-state index in [-0.39, 0.29) is 5.91 Å². The molecule has 156 valence electrons. The number of aryl methyl sites for hydroxylation is 1. The van der Waals surface area contributed by atoms with Crippen molar-refractivity contribution in [3.63, 3.8) is 0 Å². The van der Waals surface area contributed by atoms with Crippen LogP contribution in [0.1, 0.15) is 30.5 Å². The van der Waals surface area contributed by atoms with E-state index in [1.807, 2.05) is 19.2 Å². The van der Waals surface area contributed by atoms with Gasteiger partial charge in [-0.3, -0.25) is 9.79 Å². The largest absolute Gasteiger partial charge is 0.444 e. The zero-order valence-electron chi connectivity index (χ0n) is 17.6. The predicted octanol–water partition coefficient (Wildman–Crippen LogP) is 2.62. The number of oxazole rings is 1. The van der Waals surface area contributed by atoms with Crippen LogP contribution in [0.15, 0.2) is 39.9 Å². The number of piperidine rings is 1. The number of rotatable bonds is 6. The normalized spacial score (nSPS) is 15.4. The Morgan fingerprint density at radius 2 is 2.00 bits per heavy atom. The van der Waals surface area contributed by atoms with E-state index >= 15 is 0 Å². The Hall–Kier alpha value is -2.83. The van der Waals surface area contributed by atoms with Crippen molar-refractivity contribution in [3.8, 4) is 11.5 Å². The van der Waals surface area contributed by atoms with Crippen molar-refractivity contribution < 1.29 is 9.21 Å². The highest BCUT2D eigenvalue weighted by Crippen LogP contribution is 2.21. The van der Waals surface area contributed by atoms with Crippen molar-refractivity contribution in [2.24, 2.45) is 10.9 Å². The predicted molar refractivity (Wildman–Crippen MR) is 115 cm³/mol. The lowest BCUT2D eigenvalue weighted by Gasteiger charge is -2.34. The van der Waals surface area contributed by atoms with Crippen molar-refractivity contribution in [3.05, 3.63) is 41.8 Å². The molecule has 0 spiro atoms. The number of nitrogens with one attached hydrogen (secondary N) is 2. The van der Waals surface area contributed by atoms with Crippen LogP contribution in [-0.4, -0.2) is 55.5 Å². The number of amides is 1. The molecule has 2 N–H and O–H groups in total. The summed E-state index contributed by atoms with van der Waals surface area (Å²) in [6.45, 7) is 4.64. The van der Waals surface area contributed by atoms with Crippen molar-refractivity contribution in [2.75, 3.05) is 33.7 Å². The smallest absolute Gasteiger partial charge is 0.226 e. The molecular weight excluding hydrogens is 366 g/mol. The molecule has 1 amide bonds. The lowest BCUT2D eigenvalue weighted by molar-refractivity contribution is -0.121. The second-order valence-corrected chi connectivity index (χ2v) is 7.54. The Morgan fingerprint density at radius 3 is 2.66 bits per heavy atom. The van der Waals surface area contributed by atoms with Crippen molar-refractivity contribution in [1.29, 1.82) is 0 Å². The average molecular weight is 398 g/mol. The molecule has 3 rings (SSSR count). The summed E-state index contributed by atoms with van der Waals surface area (Å²) in [4.78, 5) is 22.8. The van der Waals surface area contributed by atoms with Gasteiger partial charge >= 0.3 is 0 Å². The molecule has 0 saturated carbocycles. The summed E-state index contributed by atoms with van der Waals surface area (Å²) in [6.07, 6.45) is 5.13. The highest BCUT2D eigenvalue weighted by atomic mass is 16.3. The van der Waals surface area contributed by atoms with Gasteiger partial charge in [-0.2, -0.15) is 0 Å². The van der Waals surface area contributed by atoms with E-state index in [9.17, 15) is 4.79 Å². The van der Waals surface area contributed by atoms with Gasteiger partial charge < -0.3 is 20.0 Å². The number of nitrogens with zero attached hydrogens (tertiary/aromatic N) is 3. The molecule has 2 heterocycles. The van der Waals surface area contributed by atoms with Gasteiger partial charge in [-0.1, -0.05) is 17.7 Å². The monoisotopic (exact) mass is 397 g/mol. The fraction of sp³-hybridized carbons (Fsp3) is 0.500. The van der Waals surface area contributed by atoms with Crippen LogP contribution >= 0.6 is 0 Å². The van der Waals surface area contributed by atoms with Crippen molar-refractivity contribution >= 4 is 11.9 Å². The molecule has 1 aliphatic heterocycles. The number of likely N-dealkylation sites (tertiary alicyclic amines) is 1. The SMILES string of the molecule is CN=C(NCCc1coc(-c2ccc(C)cc2)n1)N1CCC(CC(=O)NC)CC1. The number of guanidine groups is 1. The Balaban J connectivity index is 1.45. The summed E-state index contributed by atoms with van der Waals surface area (Å²) in [5.74, 6) is 2.15. The van der Waals surface area contributed by atoms with Crippen molar-refractivity contribution in [1.82, 2.24) is 20.5 Å². The van der Waals surface area contributed by atoms with Gasteiger partial charge in [0.25, 0.3) is 0 Å². The molecule has 29 heavy (non-hydrogen) atoms. The van der Waals surface area contributed by atoms with Crippen LogP contribution in [-0.2, 0) is 11.2 Å². The maximum absolute atomic E-state index is 11.6. The highest BCUT2D eigenvalue weighted by molar-refractivity contribution is 5.80. The minimum Gasteiger partial charge on any atom is -0.444 e. The maximum atomic E-state index is 11.6. The summed E-state index contributed by atoms with van der Waals surface area (Å²) in [7, 11) is 3.51. The topological polar surface area (TPSA) is 82.8 Å². The first kappa shape index (κ1) is 20.9. The van der Waals surface area contributed by atoms with Crippen LogP contribution in [0.5, 0.6) is 0 Å². The van der Waals surface area contributed by atoms with E-state index in [0.717, 1.165) is 56.1 Å². The van der Waals surface area contributed by atoms with Crippen LogP contribution in [0.4, 0.5) is 0 Å². The molecule has 0 bridgehead atoms. The fourth-order valence-corrected chi connectivity index (χ4v) is 3.60. The van der Waals surface area contributed by atoms with Gasteiger partial charge in [0.05, 0.1) is 5.69 Å². The van der Waals surface area contributed by atoms with Gasteiger partial charge in [-0.15, -0.1) is 0 Å². The number of benzene rings is 1. The summed E-state index contributed by atoms with van der Waals surface area (Å²) < 4.78 is 5.63. The third kappa shape index (κ3) is 5.82. The quantitative estimate of drug-likeness (QED) is 0.578. The molecule has 0 unspecified atom stereocenters. The lowest BCUT2D eigenvalue weighted by atomic mass is 9.93. The van der Waals surface area contributed by atoms with Gasteiger partial charge in [0.15, 0.2) is 5.96 Å². The number of carbonyl (C=O) groups is 1. The molecular formula is C22H31N5O2. The number of aromatic nitrogens is 1. The number of aliphatic imine (C=N–C) groups is 1. The Morgan fingerprint density at radius 1 is 1.28 bits per heavy atom. The van der Waals surface area contributed by atoms with E-state index in [2.05, 4.69) is 44.6 Å². The third-order valence-corrected chi connectivity index (χ3v) is 5.39. The van der Waals surface area contributed by atoms with Crippen LogP contribution in [0, 0.1) is 12.8 Å². The van der Waals surface area contributed by atoms with Crippen molar-refractivity contribution in [2.45, 2.75) is 32.6 Å². The van der Waals surface area contributed by atoms with Crippen LogP contribution in [0.2, 0.25) is 0 Å². The zero-order valence-corrected chi connectivity index (χ0v) is 17.6. The highest BCUT2D eigenvalue weighted by Gasteiger charge is 2.23. The first-order valence-electron chi connectivity index (χ1n) is 10.3. The number of carbonyl (C=O) groups excluding carboxylic acids is 1. The molecule has 1 aromatic carbocycles. The van der Waals surface area contributed by atoms with Gasteiger partial charge in [-0.25, -0.2) is 4.98 Å². The molecule has 0 atom stereocenters. The fourth-order valence-electron chi connectivity index (χ4n) is 3.60. The molecule has 1 fully saturated rings. The van der Waals surface area contributed by atoms with E-state index in [1.54, 1.807) is 13.3 Å². The van der Waals surface area contributed by atoms with E-state index in [0.29, 0.717) is 18.2 Å². The van der Waals surface area contributed by atoms with Gasteiger partial charge in [0.1, 0.15) is 6.26 Å². The molecule has 1 aromatic heterocycles. The summed E-state index contributed by atoms with van der Waals surface area (Å²) >= 11 is 0. The first-order valence-corrected chi connectivity index (χ1v) is 10.3. The van der Waals surface area contributed by atoms with E-state index in [4.69, 9.17) is 4.42 Å². The lowest BCUT2D eigenvalue weighted by Crippen LogP contribution is -2.46.